The van der Waals surface area contributed by atoms with Crippen LogP contribution >= 0.6 is 0 Å². The average molecular weight is 215 g/mol. The van der Waals surface area contributed by atoms with Crippen LogP contribution in [0.15, 0.2) is 0 Å². The molecule has 1 N–H and O–H groups in total. The van der Waals surface area contributed by atoms with Crippen molar-refractivity contribution in [2.75, 3.05) is 33.9 Å². The van der Waals surface area contributed by atoms with Crippen molar-refractivity contribution >= 4 is 0 Å². The van der Waals surface area contributed by atoms with Crippen molar-refractivity contribution in [3.05, 3.63) is 0 Å². The summed E-state index contributed by atoms with van der Waals surface area (Å²) in [7, 11) is 4.18. The first kappa shape index (κ1) is 12.9. The van der Waals surface area contributed by atoms with Crippen LogP contribution in [0, 0.1) is 5.92 Å². The van der Waals surface area contributed by atoms with Crippen LogP contribution in [0.3, 0.4) is 0 Å². The van der Waals surface area contributed by atoms with Crippen molar-refractivity contribution in [1.29, 1.82) is 0 Å². The zero-order chi connectivity index (χ0) is 11.1. The predicted molar refractivity (Wildman–Crippen MR) is 62.0 cm³/mol. The van der Waals surface area contributed by atoms with Crippen molar-refractivity contribution in [1.82, 2.24) is 4.90 Å². The Kier molecular flexibility index (Phi) is 6.22. The second-order valence-corrected chi connectivity index (χ2v) is 4.85. The van der Waals surface area contributed by atoms with E-state index in [9.17, 15) is 0 Å². The fourth-order valence-electron chi connectivity index (χ4n) is 2.11. The summed E-state index contributed by atoms with van der Waals surface area (Å²) in [5.41, 5.74) is 0. The highest BCUT2D eigenvalue weighted by Gasteiger charge is 2.20. The molecule has 0 bridgehead atoms. The van der Waals surface area contributed by atoms with Gasteiger partial charge in [0.1, 0.15) is 0 Å². The van der Waals surface area contributed by atoms with Crippen molar-refractivity contribution < 1.29 is 9.84 Å². The van der Waals surface area contributed by atoms with Gasteiger partial charge in [-0.2, -0.15) is 0 Å². The Morgan fingerprint density at radius 3 is 2.40 bits per heavy atom. The number of hydrogen-bond acceptors (Lipinski definition) is 3. The van der Waals surface area contributed by atoms with Gasteiger partial charge in [0.15, 0.2) is 0 Å². The van der Waals surface area contributed by atoms with Crippen LogP contribution < -0.4 is 0 Å². The molecule has 0 aromatic heterocycles. The van der Waals surface area contributed by atoms with Gasteiger partial charge in [-0.15, -0.1) is 0 Å². The van der Waals surface area contributed by atoms with E-state index in [2.05, 4.69) is 19.0 Å². The maximum Gasteiger partial charge on any atom is 0.0575 e. The minimum atomic E-state index is 0.355. The molecule has 0 radical (unpaired) electrons. The fraction of sp³-hybridized carbons (Fsp3) is 1.00. The van der Waals surface area contributed by atoms with E-state index in [0.29, 0.717) is 18.6 Å². The molecule has 0 aromatic rings. The van der Waals surface area contributed by atoms with E-state index in [4.69, 9.17) is 9.84 Å². The van der Waals surface area contributed by atoms with E-state index in [0.717, 1.165) is 45.3 Å². The van der Waals surface area contributed by atoms with Gasteiger partial charge < -0.3 is 14.7 Å². The summed E-state index contributed by atoms with van der Waals surface area (Å²) >= 11 is 0. The van der Waals surface area contributed by atoms with E-state index in [1.165, 1.54) is 0 Å². The molecule has 0 saturated heterocycles. The lowest BCUT2D eigenvalue weighted by atomic mass is 9.88. The molecule has 3 nitrogen and oxygen atoms in total. The maximum atomic E-state index is 9.01. The lowest BCUT2D eigenvalue weighted by Crippen LogP contribution is -2.24. The highest BCUT2D eigenvalue weighted by Crippen LogP contribution is 2.25. The van der Waals surface area contributed by atoms with Gasteiger partial charge in [-0.05, 0) is 58.7 Å². The summed E-state index contributed by atoms with van der Waals surface area (Å²) < 4.78 is 5.82. The topological polar surface area (TPSA) is 32.7 Å². The molecule has 1 fully saturated rings. The molecule has 1 aliphatic carbocycles. The Morgan fingerprint density at radius 2 is 1.87 bits per heavy atom. The van der Waals surface area contributed by atoms with Gasteiger partial charge in [-0.1, -0.05) is 0 Å². The minimum absolute atomic E-state index is 0.355. The van der Waals surface area contributed by atoms with Gasteiger partial charge in [0.25, 0.3) is 0 Å². The molecular formula is C12H25NO2. The Balaban J connectivity index is 1.99. The van der Waals surface area contributed by atoms with Crippen LogP contribution in [0.4, 0.5) is 0 Å². The van der Waals surface area contributed by atoms with Crippen molar-refractivity contribution in [3.63, 3.8) is 0 Å². The summed E-state index contributed by atoms with van der Waals surface area (Å²) in [6.45, 7) is 2.34. The second kappa shape index (κ2) is 7.20. The highest BCUT2D eigenvalue weighted by molar-refractivity contribution is 4.72. The zero-order valence-corrected chi connectivity index (χ0v) is 10.1. The Hall–Kier alpha value is -0.120. The molecule has 0 heterocycles. The van der Waals surface area contributed by atoms with Crippen LogP contribution in [0.1, 0.15) is 32.1 Å². The monoisotopic (exact) mass is 215 g/mol. The first-order valence-electron chi connectivity index (χ1n) is 6.09. The fourth-order valence-corrected chi connectivity index (χ4v) is 2.11. The molecule has 0 aromatic carbocycles. The molecule has 90 valence electrons. The molecule has 0 spiro atoms. The van der Waals surface area contributed by atoms with Crippen molar-refractivity contribution in [2.24, 2.45) is 5.92 Å². The zero-order valence-electron chi connectivity index (χ0n) is 10.1. The van der Waals surface area contributed by atoms with Crippen LogP contribution in [0.2, 0.25) is 0 Å². The van der Waals surface area contributed by atoms with Gasteiger partial charge in [0.05, 0.1) is 6.10 Å². The van der Waals surface area contributed by atoms with E-state index in [-0.39, 0.29) is 0 Å². The molecule has 0 aliphatic heterocycles. The summed E-state index contributed by atoms with van der Waals surface area (Å²) in [5, 5.41) is 9.01. The quantitative estimate of drug-likeness (QED) is 0.682. The number of aliphatic hydroxyl groups is 1. The molecule has 0 atom stereocenters. The van der Waals surface area contributed by atoms with E-state index < -0.39 is 0 Å². The molecular weight excluding hydrogens is 190 g/mol. The predicted octanol–water partition coefficient (Wildman–Crippen LogP) is 1.51. The third-order valence-electron chi connectivity index (χ3n) is 3.16. The van der Waals surface area contributed by atoms with Crippen molar-refractivity contribution in [3.8, 4) is 0 Å². The van der Waals surface area contributed by atoms with Gasteiger partial charge in [0.2, 0.25) is 0 Å². The molecule has 1 rings (SSSR count). The maximum absolute atomic E-state index is 9.01. The van der Waals surface area contributed by atoms with E-state index in [1.807, 2.05) is 0 Å². The molecule has 15 heavy (non-hydrogen) atoms. The third kappa shape index (κ3) is 5.50. The Labute approximate surface area is 93.4 Å². The molecule has 0 amide bonds. The highest BCUT2D eigenvalue weighted by atomic mass is 16.5. The van der Waals surface area contributed by atoms with E-state index in [1.54, 1.807) is 0 Å². The number of nitrogens with zero attached hydrogens (tertiary/aromatic N) is 1. The van der Waals surface area contributed by atoms with Gasteiger partial charge in [0, 0.05) is 13.2 Å². The largest absolute Gasteiger partial charge is 0.396 e. The van der Waals surface area contributed by atoms with Gasteiger partial charge in [-0.25, -0.2) is 0 Å². The van der Waals surface area contributed by atoms with Crippen LogP contribution in [0.25, 0.3) is 0 Å². The van der Waals surface area contributed by atoms with Crippen LogP contribution in [0.5, 0.6) is 0 Å². The normalized spacial score (nSPS) is 27.2. The third-order valence-corrected chi connectivity index (χ3v) is 3.16. The smallest absolute Gasteiger partial charge is 0.0575 e. The molecule has 1 saturated carbocycles. The summed E-state index contributed by atoms with van der Waals surface area (Å²) in [4.78, 5) is 2.19. The van der Waals surface area contributed by atoms with Gasteiger partial charge in [-0.3, -0.25) is 0 Å². The lowest BCUT2D eigenvalue weighted by Gasteiger charge is -2.27. The van der Waals surface area contributed by atoms with Crippen LogP contribution in [-0.2, 0) is 4.74 Å². The number of rotatable bonds is 6. The average Bonchev–Trinajstić information content (AvgIpc) is 2.25. The molecule has 0 unspecified atom stereocenters. The minimum Gasteiger partial charge on any atom is -0.396 e. The molecule has 3 heteroatoms. The van der Waals surface area contributed by atoms with E-state index >= 15 is 0 Å². The SMILES string of the molecule is CN(C)CCCOC1CCC(CO)CC1. The number of aliphatic hydroxyl groups excluding tert-OH is 1. The molecule has 1 aliphatic rings. The first-order valence-corrected chi connectivity index (χ1v) is 6.09. The Bertz CT molecular complexity index is 154. The Morgan fingerprint density at radius 1 is 1.20 bits per heavy atom. The summed E-state index contributed by atoms with van der Waals surface area (Å²) in [6.07, 6.45) is 6.10. The summed E-state index contributed by atoms with van der Waals surface area (Å²) in [6, 6.07) is 0. The van der Waals surface area contributed by atoms with Crippen molar-refractivity contribution in [2.45, 2.75) is 38.2 Å². The number of hydrogen-bond donors (Lipinski definition) is 1. The standard InChI is InChI=1S/C12H25NO2/c1-13(2)8-3-9-15-12-6-4-11(10-14)5-7-12/h11-12,14H,3-10H2,1-2H3. The summed E-state index contributed by atoms with van der Waals surface area (Å²) in [5.74, 6) is 0.534. The van der Waals surface area contributed by atoms with Gasteiger partial charge >= 0.3 is 0 Å². The second-order valence-electron chi connectivity index (χ2n) is 4.85. The van der Waals surface area contributed by atoms with Crippen LogP contribution in [-0.4, -0.2) is 50.0 Å². The number of ether oxygens (including phenoxy) is 1. The lowest BCUT2D eigenvalue weighted by molar-refractivity contribution is 0.00865. The first-order chi connectivity index (χ1) is 7.22.